The second-order valence-electron chi connectivity index (χ2n) is 5.64. The van der Waals surface area contributed by atoms with Crippen LogP contribution in [0.15, 0.2) is 49.6 Å². The van der Waals surface area contributed by atoms with E-state index in [4.69, 9.17) is 0 Å². The molecule has 0 saturated carbocycles. The van der Waals surface area contributed by atoms with E-state index in [1.807, 2.05) is 24.3 Å². The van der Waals surface area contributed by atoms with Crippen molar-refractivity contribution in [3.05, 3.63) is 71.8 Å². The fourth-order valence-electron chi connectivity index (χ4n) is 2.70. The van der Waals surface area contributed by atoms with Crippen LogP contribution in [-0.4, -0.2) is 10.2 Å². The zero-order valence-corrected chi connectivity index (χ0v) is 13.1. The lowest BCUT2D eigenvalue weighted by Crippen LogP contribution is -2.22. The maximum absolute atomic E-state index is 9.84. The largest absolute Gasteiger partial charge is 0.507 e. The van der Waals surface area contributed by atoms with Gasteiger partial charge in [0.1, 0.15) is 11.5 Å². The van der Waals surface area contributed by atoms with Crippen LogP contribution in [0.1, 0.15) is 42.5 Å². The van der Waals surface area contributed by atoms with Gasteiger partial charge >= 0.3 is 0 Å². The summed E-state index contributed by atoms with van der Waals surface area (Å²) in [5.41, 5.74) is 3.42. The highest BCUT2D eigenvalue weighted by molar-refractivity contribution is 5.60. The van der Waals surface area contributed by atoms with Gasteiger partial charge in [-0.05, 0) is 41.8 Å². The number of phenols is 2. The zero-order chi connectivity index (χ0) is 16.3. The summed E-state index contributed by atoms with van der Waals surface area (Å²) in [5, 5.41) is 19.7. The van der Waals surface area contributed by atoms with E-state index in [9.17, 15) is 10.2 Å². The van der Waals surface area contributed by atoms with Gasteiger partial charge in [0.05, 0.1) is 0 Å². The second kappa shape index (κ2) is 6.10. The highest BCUT2D eigenvalue weighted by atomic mass is 16.3. The molecule has 2 nitrogen and oxygen atoms in total. The minimum absolute atomic E-state index is 0.225. The second-order valence-corrected chi connectivity index (χ2v) is 5.64. The third-order valence-corrected chi connectivity index (χ3v) is 4.48. The molecule has 0 bridgehead atoms. The van der Waals surface area contributed by atoms with E-state index < -0.39 is 0 Å². The topological polar surface area (TPSA) is 40.5 Å². The molecule has 2 N–H and O–H groups in total. The molecule has 0 spiro atoms. The molecule has 0 aliphatic rings. The summed E-state index contributed by atoms with van der Waals surface area (Å²) >= 11 is 0. The number of rotatable bonds is 5. The van der Waals surface area contributed by atoms with Crippen LogP contribution < -0.4 is 0 Å². The normalized spacial score (nSPS) is 11.2. The van der Waals surface area contributed by atoms with Crippen molar-refractivity contribution in [1.82, 2.24) is 0 Å². The molecule has 2 rings (SSSR count). The molecule has 0 aliphatic heterocycles. The molecular formula is C20H22O2. The Morgan fingerprint density at radius 1 is 0.909 bits per heavy atom. The van der Waals surface area contributed by atoms with E-state index in [0.717, 1.165) is 28.7 Å². The molecule has 22 heavy (non-hydrogen) atoms. The van der Waals surface area contributed by atoms with E-state index in [1.54, 1.807) is 24.3 Å². The molecule has 0 radical (unpaired) electrons. The Kier molecular flexibility index (Phi) is 4.41. The van der Waals surface area contributed by atoms with Crippen LogP contribution in [0.25, 0.3) is 12.2 Å². The molecule has 0 aliphatic carbocycles. The van der Waals surface area contributed by atoms with Crippen LogP contribution >= 0.6 is 0 Å². The van der Waals surface area contributed by atoms with E-state index in [0.29, 0.717) is 0 Å². The van der Waals surface area contributed by atoms with E-state index >= 15 is 0 Å². The summed E-state index contributed by atoms with van der Waals surface area (Å²) in [7, 11) is 0. The molecule has 2 aromatic rings. The number of benzene rings is 2. The van der Waals surface area contributed by atoms with Crippen LogP contribution in [-0.2, 0) is 5.41 Å². The molecule has 2 aromatic carbocycles. The molecule has 0 fully saturated rings. The van der Waals surface area contributed by atoms with Crippen molar-refractivity contribution in [2.45, 2.75) is 25.7 Å². The Morgan fingerprint density at radius 2 is 1.32 bits per heavy atom. The van der Waals surface area contributed by atoms with Gasteiger partial charge in [0, 0.05) is 16.5 Å². The van der Waals surface area contributed by atoms with Gasteiger partial charge in [-0.15, -0.1) is 0 Å². The van der Waals surface area contributed by atoms with Crippen molar-refractivity contribution in [1.29, 1.82) is 0 Å². The average Bonchev–Trinajstić information content (AvgIpc) is 2.55. The highest BCUT2D eigenvalue weighted by Gasteiger charge is 2.28. The van der Waals surface area contributed by atoms with E-state index in [-0.39, 0.29) is 16.9 Å². The molecule has 2 heteroatoms. The molecule has 0 amide bonds. The van der Waals surface area contributed by atoms with Crippen molar-refractivity contribution >= 4 is 12.2 Å². The molecule has 0 atom stereocenters. The average molecular weight is 294 g/mol. The fraction of sp³-hybridized carbons (Fsp3) is 0.200. The SMILES string of the molecule is C=Cc1cc(C(C)(CC)c2ccc(O)c(C=C)c2)ccc1O. The molecule has 114 valence electrons. The maximum atomic E-state index is 9.84. The maximum Gasteiger partial charge on any atom is 0.122 e. The predicted molar refractivity (Wildman–Crippen MR) is 93.1 cm³/mol. The van der Waals surface area contributed by atoms with E-state index in [1.165, 1.54) is 0 Å². The lowest BCUT2D eigenvalue weighted by Gasteiger charge is -2.30. The molecule has 0 unspecified atom stereocenters. The van der Waals surface area contributed by atoms with Gasteiger partial charge < -0.3 is 10.2 Å². The van der Waals surface area contributed by atoms with Crippen molar-refractivity contribution in [3.63, 3.8) is 0 Å². The third-order valence-electron chi connectivity index (χ3n) is 4.48. The highest BCUT2D eigenvalue weighted by Crippen LogP contribution is 2.38. The first-order valence-electron chi connectivity index (χ1n) is 7.38. The summed E-state index contributed by atoms with van der Waals surface area (Å²) in [6.45, 7) is 11.8. The number of hydrogen-bond acceptors (Lipinski definition) is 2. The summed E-state index contributed by atoms with van der Waals surface area (Å²) < 4.78 is 0. The van der Waals surface area contributed by atoms with Crippen LogP contribution in [0.3, 0.4) is 0 Å². The van der Waals surface area contributed by atoms with Crippen LogP contribution in [0.5, 0.6) is 11.5 Å². The smallest absolute Gasteiger partial charge is 0.122 e. The minimum atomic E-state index is -0.225. The van der Waals surface area contributed by atoms with Gasteiger partial charge in [-0.2, -0.15) is 0 Å². The van der Waals surface area contributed by atoms with Gasteiger partial charge in [-0.25, -0.2) is 0 Å². The predicted octanol–water partition coefficient (Wildman–Crippen LogP) is 5.10. The number of hydrogen-bond donors (Lipinski definition) is 2. The van der Waals surface area contributed by atoms with Crippen molar-refractivity contribution in [2.75, 3.05) is 0 Å². The lowest BCUT2D eigenvalue weighted by molar-refractivity contribution is 0.471. The van der Waals surface area contributed by atoms with Crippen molar-refractivity contribution in [2.24, 2.45) is 0 Å². The van der Waals surface area contributed by atoms with Crippen LogP contribution in [0.4, 0.5) is 0 Å². The van der Waals surface area contributed by atoms with Gasteiger partial charge in [-0.3, -0.25) is 0 Å². The monoisotopic (exact) mass is 294 g/mol. The summed E-state index contributed by atoms with van der Waals surface area (Å²) in [5.74, 6) is 0.462. The summed E-state index contributed by atoms with van der Waals surface area (Å²) in [4.78, 5) is 0. The lowest BCUT2D eigenvalue weighted by atomic mass is 9.73. The Balaban J connectivity index is 2.62. The molecule has 0 heterocycles. The first-order chi connectivity index (χ1) is 10.5. The third kappa shape index (κ3) is 2.64. The Hall–Kier alpha value is -2.48. The summed E-state index contributed by atoms with van der Waals surface area (Å²) in [6.07, 6.45) is 4.19. The number of aromatic hydroxyl groups is 2. The first kappa shape index (κ1) is 15.9. The quantitative estimate of drug-likeness (QED) is 0.805. The van der Waals surface area contributed by atoms with Gasteiger partial charge in [0.25, 0.3) is 0 Å². The van der Waals surface area contributed by atoms with Crippen LogP contribution in [0.2, 0.25) is 0 Å². The van der Waals surface area contributed by atoms with Gasteiger partial charge in [-0.1, -0.05) is 51.3 Å². The van der Waals surface area contributed by atoms with Crippen molar-refractivity contribution < 1.29 is 10.2 Å². The van der Waals surface area contributed by atoms with Gasteiger partial charge in [0.15, 0.2) is 0 Å². The Bertz CT molecular complexity index is 656. The Labute approximate surface area is 132 Å². The summed E-state index contributed by atoms with van der Waals surface area (Å²) in [6, 6.07) is 11.2. The molecule has 0 aromatic heterocycles. The first-order valence-corrected chi connectivity index (χ1v) is 7.38. The standard InChI is InChI=1S/C20H22O2/c1-5-14-12-16(8-10-18(14)21)20(4,7-3)17-9-11-19(22)15(6-2)13-17/h5-6,8-13,21-22H,1-2,7H2,3-4H3. The van der Waals surface area contributed by atoms with Crippen molar-refractivity contribution in [3.8, 4) is 11.5 Å². The fourth-order valence-corrected chi connectivity index (χ4v) is 2.70. The minimum Gasteiger partial charge on any atom is -0.507 e. The Morgan fingerprint density at radius 3 is 1.64 bits per heavy atom. The molecular weight excluding hydrogens is 272 g/mol. The van der Waals surface area contributed by atoms with Gasteiger partial charge in [0.2, 0.25) is 0 Å². The number of phenolic OH excluding ortho intramolecular Hbond substituents is 2. The zero-order valence-electron chi connectivity index (χ0n) is 13.1. The molecule has 0 saturated heterocycles. The van der Waals surface area contributed by atoms with E-state index in [2.05, 4.69) is 27.0 Å². The van der Waals surface area contributed by atoms with Crippen LogP contribution in [0, 0.1) is 0 Å².